The molecule has 18 heavy (non-hydrogen) atoms. The van der Waals surface area contributed by atoms with Gasteiger partial charge in [-0.25, -0.2) is 4.98 Å². The standard InChI is InChI=1S/C13H16ClN3S/c1-8-3-4-10(5-12(8)14)13(17-15)6-11-7-18-9(2)16-11/h3-5,7,13,17H,6,15H2,1-2H3. The molecule has 0 aliphatic rings. The van der Waals surface area contributed by atoms with E-state index in [0.717, 1.165) is 33.3 Å². The Morgan fingerprint density at radius 3 is 2.78 bits per heavy atom. The van der Waals surface area contributed by atoms with Gasteiger partial charge in [0.25, 0.3) is 0 Å². The normalized spacial score (nSPS) is 12.7. The summed E-state index contributed by atoms with van der Waals surface area (Å²) in [7, 11) is 0. The fourth-order valence-corrected chi connectivity index (χ4v) is 2.62. The van der Waals surface area contributed by atoms with Crippen LogP contribution >= 0.6 is 22.9 Å². The van der Waals surface area contributed by atoms with Crippen LogP contribution in [0.2, 0.25) is 5.02 Å². The van der Waals surface area contributed by atoms with E-state index in [-0.39, 0.29) is 6.04 Å². The lowest BCUT2D eigenvalue weighted by molar-refractivity contribution is 0.547. The van der Waals surface area contributed by atoms with Crippen LogP contribution in [0.3, 0.4) is 0 Å². The zero-order chi connectivity index (χ0) is 13.1. The molecule has 0 amide bonds. The van der Waals surface area contributed by atoms with Crippen LogP contribution < -0.4 is 11.3 Å². The van der Waals surface area contributed by atoms with Crippen LogP contribution in [-0.4, -0.2) is 4.98 Å². The van der Waals surface area contributed by atoms with E-state index >= 15 is 0 Å². The predicted molar refractivity (Wildman–Crippen MR) is 76.8 cm³/mol. The molecule has 1 heterocycles. The Kier molecular flexibility index (Phi) is 4.35. The van der Waals surface area contributed by atoms with Gasteiger partial charge in [0.05, 0.1) is 16.7 Å². The van der Waals surface area contributed by atoms with Gasteiger partial charge in [-0.1, -0.05) is 23.7 Å². The van der Waals surface area contributed by atoms with Gasteiger partial charge >= 0.3 is 0 Å². The fraction of sp³-hybridized carbons (Fsp3) is 0.308. The number of aryl methyl sites for hydroxylation is 2. The molecule has 0 fully saturated rings. The second-order valence-corrected chi connectivity index (χ2v) is 5.76. The topological polar surface area (TPSA) is 50.9 Å². The van der Waals surface area contributed by atoms with Crippen LogP contribution in [-0.2, 0) is 6.42 Å². The Labute approximate surface area is 116 Å². The van der Waals surface area contributed by atoms with Crippen molar-refractivity contribution < 1.29 is 0 Å². The van der Waals surface area contributed by atoms with E-state index in [9.17, 15) is 0 Å². The quantitative estimate of drug-likeness (QED) is 0.669. The molecule has 0 aliphatic carbocycles. The molecule has 1 atom stereocenters. The lowest BCUT2D eigenvalue weighted by Gasteiger charge is -2.16. The lowest BCUT2D eigenvalue weighted by atomic mass is 10.0. The first-order valence-corrected chi connectivity index (χ1v) is 6.99. The number of hydrogen-bond donors (Lipinski definition) is 2. The Balaban J connectivity index is 2.19. The van der Waals surface area contributed by atoms with E-state index in [1.165, 1.54) is 0 Å². The number of nitrogens with zero attached hydrogens (tertiary/aromatic N) is 1. The summed E-state index contributed by atoms with van der Waals surface area (Å²) < 4.78 is 0. The zero-order valence-corrected chi connectivity index (χ0v) is 12.0. The van der Waals surface area contributed by atoms with Gasteiger partial charge in [0.2, 0.25) is 0 Å². The number of benzene rings is 1. The first kappa shape index (κ1) is 13.5. The number of hydrogen-bond acceptors (Lipinski definition) is 4. The van der Waals surface area contributed by atoms with Crippen molar-refractivity contribution in [3.63, 3.8) is 0 Å². The first-order valence-electron chi connectivity index (χ1n) is 5.73. The smallest absolute Gasteiger partial charge is 0.0897 e. The van der Waals surface area contributed by atoms with Gasteiger partial charge in [-0.05, 0) is 31.0 Å². The molecule has 1 unspecified atom stereocenters. The van der Waals surface area contributed by atoms with Gasteiger partial charge in [0.1, 0.15) is 0 Å². The summed E-state index contributed by atoms with van der Waals surface area (Å²) in [6.07, 6.45) is 0.764. The van der Waals surface area contributed by atoms with Crippen LogP contribution in [0.4, 0.5) is 0 Å². The maximum Gasteiger partial charge on any atom is 0.0897 e. The first-order chi connectivity index (χ1) is 8.60. The molecular formula is C13H16ClN3S. The summed E-state index contributed by atoms with van der Waals surface area (Å²) >= 11 is 7.79. The summed E-state index contributed by atoms with van der Waals surface area (Å²) in [5.74, 6) is 5.63. The van der Waals surface area contributed by atoms with Crippen LogP contribution in [0.5, 0.6) is 0 Å². The molecule has 0 saturated carbocycles. The highest BCUT2D eigenvalue weighted by molar-refractivity contribution is 7.09. The number of rotatable bonds is 4. The van der Waals surface area contributed by atoms with E-state index in [1.54, 1.807) is 11.3 Å². The molecule has 1 aromatic carbocycles. The van der Waals surface area contributed by atoms with Crippen molar-refractivity contribution in [3.05, 3.63) is 50.4 Å². The van der Waals surface area contributed by atoms with Crippen LogP contribution in [0, 0.1) is 13.8 Å². The van der Waals surface area contributed by atoms with Gasteiger partial charge < -0.3 is 0 Å². The van der Waals surface area contributed by atoms with Crippen molar-refractivity contribution in [1.82, 2.24) is 10.4 Å². The highest BCUT2D eigenvalue weighted by Crippen LogP contribution is 2.24. The number of nitrogens with one attached hydrogen (secondary N) is 1. The third-order valence-corrected chi connectivity index (χ3v) is 4.11. The second kappa shape index (κ2) is 5.80. The lowest BCUT2D eigenvalue weighted by Crippen LogP contribution is -2.29. The Hall–Kier alpha value is -0.940. The molecule has 3 nitrogen and oxygen atoms in total. The van der Waals surface area contributed by atoms with Crippen LogP contribution in [0.1, 0.15) is 27.9 Å². The maximum atomic E-state index is 6.14. The monoisotopic (exact) mass is 281 g/mol. The molecule has 0 aliphatic heterocycles. The molecule has 2 rings (SSSR count). The predicted octanol–water partition coefficient (Wildman–Crippen LogP) is 3.16. The van der Waals surface area contributed by atoms with Gasteiger partial charge in [0.15, 0.2) is 0 Å². The van der Waals surface area contributed by atoms with Crippen molar-refractivity contribution in [2.75, 3.05) is 0 Å². The van der Waals surface area contributed by atoms with E-state index in [2.05, 4.69) is 15.8 Å². The SMILES string of the molecule is Cc1nc(CC(NN)c2ccc(C)c(Cl)c2)cs1. The van der Waals surface area contributed by atoms with E-state index < -0.39 is 0 Å². The number of thiazole rings is 1. The molecule has 2 aromatic rings. The molecule has 5 heteroatoms. The molecule has 0 bridgehead atoms. The highest BCUT2D eigenvalue weighted by atomic mass is 35.5. The maximum absolute atomic E-state index is 6.14. The minimum atomic E-state index is 0.0320. The summed E-state index contributed by atoms with van der Waals surface area (Å²) in [5, 5.41) is 3.90. The van der Waals surface area contributed by atoms with E-state index in [4.69, 9.17) is 17.4 Å². The third kappa shape index (κ3) is 3.09. The third-order valence-electron chi connectivity index (χ3n) is 2.88. The molecule has 0 radical (unpaired) electrons. The van der Waals surface area contributed by atoms with Crippen LogP contribution in [0.15, 0.2) is 23.6 Å². The fourth-order valence-electron chi connectivity index (χ4n) is 1.81. The summed E-state index contributed by atoms with van der Waals surface area (Å²) in [6, 6.07) is 6.05. The van der Waals surface area contributed by atoms with Gasteiger partial charge in [-0.2, -0.15) is 0 Å². The Bertz CT molecular complexity index is 539. The number of hydrazine groups is 1. The highest BCUT2D eigenvalue weighted by Gasteiger charge is 2.13. The molecule has 0 saturated heterocycles. The average molecular weight is 282 g/mol. The minimum absolute atomic E-state index is 0.0320. The minimum Gasteiger partial charge on any atom is -0.271 e. The second-order valence-electron chi connectivity index (χ2n) is 4.29. The molecule has 0 spiro atoms. The van der Waals surface area contributed by atoms with Crippen LogP contribution in [0.25, 0.3) is 0 Å². The van der Waals surface area contributed by atoms with Gasteiger partial charge in [-0.15, -0.1) is 11.3 Å². The number of aromatic nitrogens is 1. The summed E-state index contributed by atoms with van der Waals surface area (Å²) in [6.45, 7) is 3.99. The van der Waals surface area contributed by atoms with Gasteiger partial charge in [-0.3, -0.25) is 11.3 Å². The molecular weight excluding hydrogens is 266 g/mol. The largest absolute Gasteiger partial charge is 0.271 e. The van der Waals surface area contributed by atoms with Gasteiger partial charge in [0, 0.05) is 16.8 Å². The molecule has 3 N–H and O–H groups in total. The Morgan fingerprint density at radius 1 is 1.44 bits per heavy atom. The van der Waals surface area contributed by atoms with E-state index in [1.807, 2.05) is 32.0 Å². The molecule has 96 valence electrons. The molecule has 1 aromatic heterocycles. The summed E-state index contributed by atoms with van der Waals surface area (Å²) in [5.41, 5.74) is 6.03. The zero-order valence-electron chi connectivity index (χ0n) is 10.4. The average Bonchev–Trinajstić information content (AvgIpc) is 2.75. The van der Waals surface area contributed by atoms with Crippen molar-refractivity contribution in [1.29, 1.82) is 0 Å². The van der Waals surface area contributed by atoms with Crippen molar-refractivity contribution >= 4 is 22.9 Å². The Morgan fingerprint density at radius 2 is 2.22 bits per heavy atom. The van der Waals surface area contributed by atoms with Crippen molar-refractivity contribution in [3.8, 4) is 0 Å². The number of nitrogens with two attached hydrogens (primary N) is 1. The number of halogens is 1. The van der Waals surface area contributed by atoms with Crippen molar-refractivity contribution in [2.45, 2.75) is 26.3 Å². The van der Waals surface area contributed by atoms with E-state index in [0.29, 0.717) is 0 Å². The van der Waals surface area contributed by atoms with Crippen molar-refractivity contribution in [2.24, 2.45) is 5.84 Å². The summed E-state index contributed by atoms with van der Waals surface area (Å²) in [4.78, 5) is 4.45.